The third-order valence-electron chi connectivity index (χ3n) is 1.86. The molecule has 0 fully saturated rings. The molecule has 2 N–H and O–H groups in total. The molecule has 0 spiro atoms. The average molecular weight is 227 g/mol. The number of carbonyl (C=O) groups excluding carboxylic acids is 2. The van der Waals surface area contributed by atoms with Crippen molar-refractivity contribution in [1.82, 2.24) is 15.1 Å². The maximum atomic E-state index is 11.5. The van der Waals surface area contributed by atoms with Crippen molar-refractivity contribution in [2.45, 2.75) is 0 Å². The van der Waals surface area contributed by atoms with Gasteiger partial charge in [-0.05, 0) is 0 Å². The first-order valence-corrected chi connectivity index (χ1v) is 4.54. The smallest absolute Gasteiger partial charge is 0.271 e. The first-order chi connectivity index (χ1) is 7.31. The van der Waals surface area contributed by atoms with Crippen LogP contribution >= 0.6 is 0 Å². The van der Waals surface area contributed by atoms with Gasteiger partial charge in [-0.25, -0.2) is 0 Å². The SMILES string of the molecule is C=C(NC(=O)C(=C)N(C)CO)C(=O)N(C)C. The second-order valence-corrected chi connectivity index (χ2v) is 3.42. The number of aliphatic hydroxyl groups is 1. The number of amides is 2. The van der Waals surface area contributed by atoms with Crippen LogP contribution in [0.5, 0.6) is 0 Å². The van der Waals surface area contributed by atoms with E-state index in [1.54, 1.807) is 14.1 Å². The summed E-state index contributed by atoms with van der Waals surface area (Å²) in [5.41, 5.74) is 0.0118. The number of hydrogen-bond acceptors (Lipinski definition) is 4. The maximum absolute atomic E-state index is 11.5. The van der Waals surface area contributed by atoms with Crippen LogP contribution in [0.3, 0.4) is 0 Å². The number of aliphatic hydroxyl groups excluding tert-OH is 1. The molecule has 0 aromatic carbocycles. The van der Waals surface area contributed by atoms with Crippen LogP contribution in [0, 0.1) is 0 Å². The van der Waals surface area contributed by atoms with E-state index in [4.69, 9.17) is 5.11 Å². The van der Waals surface area contributed by atoms with E-state index in [1.165, 1.54) is 16.8 Å². The summed E-state index contributed by atoms with van der Waals surface area (Å²) in [7, 11) is 4.60. The number of hydrogen-bond donors (Lipinski definition) is 2. The molecular formula is C10H17N3O3. The van der Waals surface area contributed by atoms with Crippen molar-refractivity contribution in [2.24, 2.45) is 0 Å². The standard InChI is InChI=1S/C10H17N3O3/c1-7(10(16)12(3)4)11-9(15)8(2)13(5)6-14/h14H,1-2,6H2,3-5H3,(H,11,15). The summed E-state index contributed by atoms with van der Waals surface area (Å²) in [6.07, 6.45) is 0. The van der Waals surface area contributed by atoms with E-state index in [0.717, 1.165) is 0 Å². The van der Waals surface area contributed by atoms with E-state index in [0.29, 0.717) is 0 Å². The Kier molecular flexibility index (Phi) is 5.24. The van der Waals surface area contributed by atoms with Crippen LogP contribution in [-0.4, -0.2) is 54.6 Å². The minimum atomic E-state index is -0.572. The van der Waals surface area contributed by atoms with Crippen molar-refractivity contribution in [3.63, 3.8) is 0 Å². The largest absolute Gasteiger partial charge is 0.376 e. The number of nitrogens with zero attached hydrogens (tertiary/aromatic N) is 2. The van der Waals surface area contributed by atoms with Crippen LogP contribution in [0.1, 0.15) is 0 Å². The highest BCUT2D eigenvalue weighted by molar-refractivity contribution is 6.01. The monoisotopic (exact) mass is 227 g/mol. The fourth-order valence-electron chi connectivity index (χ4n) is 0.791. The third-order valence-corrected chi connectivity index (χ3v) is 1.86. The van der Waals surface area contributed by atoms with E-state index in [1.807, 2.05) is 0 Å². The quantitative estimate of drug-likeness (QED) is 0.471. The first kappa shape index (κ1) is 14.2. The molecule has 0 unspecified atom stereocenters. The molecule has 0 atom stereocenters. The molecule has 0 radical (unpaired) electrons. The van der Waals surface area contributed by atoms with Gasteiger partial charge < -0.3 is 20.2 Å². The lowest BCUT2D eigenvalue weighted by atomic mass is 10.3. The molecule has 0 aromatic rings. The highest BCUT2D eigenvalue weighted by Crippen LogP contribution is 1.99. The van der Waals surface area contributed by atoms with Crippen LogP contribution in [0.2, 0.25) is 0 Å². The molecule has 0 saturated heterocycles. The highest BCUT2D eigenvalue weighted by atomic mass is 16.3. The zero-order chi connectivity index (χ0) is 12.9. The summed E-state index contributed by atoms with van der Waals surface area (Å²) >= 11 is 0. The Morgan fingerprint density at radius 2 is 1.75 bits per heavy atom. The molecule has 0 saturated carbocycles. The number of rotatable bonds is 5. The van der Waals surface area contributed by atoms with E-state index in [2.05, 4.69) is 18.5 Å². The Balaban J connectivity index is 4.42. The summed E-state index contributed by atoms with van der Waals surface area (Å²) < 4.78 is 0. The summed E-state index contributed by atoms with van der Waals surface area (Å²) in [5.74, 6) is -0.968. The van der Waals surface area contributed by atoms with Gasteiger partial charge in [0.05, 0.1) is 11.4 Å². The van der Waals surface area contributed by atoms with Crippen LogP contribution in [-0.2, 0) is 9.59 Å². The fraction of sp³-hybridized carbons (Fsp3) is 0.400. The molecule has 0 aliphatic heterocycles. The lowest BCUT2D eigenvalue weighted by molar-refractivity contribution is -0.127. The predicted octanol–water partition coefficient (Wildman–Crippen LogP) is -0.900. The molecule has 0 bridgehead atoms. The van der Waals surface area contributed by atoms with Gasteiger partial charge in [0.15, 0.2) is 0 Å². The second-order valence-electron chi connectivity index (χ2n) is 3.42. The number of nitrogens with one attached hydrogen (secondary N) is 1. The fourth-order valence-corrected chi connectivity index (χ4v) is 0.791. The summed E-state index contributed by atoms with van der Waals surface area (Å²) in [4.78, 5) is 25.4. The van der Waals surface area contributed by atoms with Crippen molar-refractivity contribution in [1.29, 1.82) is 0 Å². The lowest BCUT2D eigenvalue weighted by Crippen LogP contribution is -2.37. The van der Waals surface area contributed by atoms with E-state index in [-0.39, 0.29) is 18.1 Å². The van der Waals surface area contributed by atoms with E-state index < -0.39 is 11.8 Å². The van der Waals surface area contributed by atoms with Crippen molar-refractivity contribution in [3.8, 4) is 0 Å². The van der Waals surface area contributed by atoms with Crippen molar-refractivity contribution < 1.29 is 14.7 Å². The normalized spacial score (nSPS) is 9.25. The molecule has 6 heteroatoms. The van der Waals surface area contributed by atoms with Gasteiger partial charge in [0.25, 0.3) is 11.8 Å². The van der Waals surface area contributed by atoms with Gasteiger partial charge in [0, 0.05) is 21.1 Å². The van der Waals surface area contributed by atoms with Crippen molar-refractivity contribution >= 4 is 11.8 Å². The topological polar surface area (TPSA) is 72.9 Å². The molecule has 16 heavy (non-hydrogen) atoms. The van der Waals surface area contributed by atoms with Gasteiger partial charge in [-0.1, -0.05) is 13.2 Å². The van der Waals surface area contributed by atoms with Crippen LogP contribution in [0.15, 0.2) is 24.6 Å². The van der Waals surface area contributed by atoms with Gasteiger partial charge >= 0.3 is 0 Å². The second kappa shape index (κ2) is 5.92. The zero-order valence-electron chi connectivity index (χ0n) is 9.78. The lowest BCUT2D eigenvalue weighted by Gasteiger charge is -2.19. The molecule has 0 aliphatic rings. The zero-order valence-corrected chi connectivity index (χ0v) is 9.78. The minimum absolute atomic E-state index is 0.0394. The summed E-state index contributed by atoms with van der Waals surface area (Å²) in [5, 5.41) is 11.1. The highest BCUT2D eigenvalue weighted by Gasteiger charge is 2.16. The van der Waals surface area contributed by atoms with Crippen LogP contribution in [0.4, 0.5) is 0 Å². The summed E-state index contributed by atoms with van der Waals surface area (Å²) in [6, 6.07) is 0. The molecule has 0 aliphatic carbocycles. The van der Waals surface area contributed by atoms with Gasteiger partial charge in [-0.3, -0.25) is 9.59 Å². The van der Waals surface area contributed by atoms with E-state index in [9.17, 15) is 9.59 Å². The molecule has 0 aromatic heterocycles. The van der Waals surface area contributed by atoms with Crippen molar-refractivity contribution in [3.05, 3.63) is 24.6 Å². The predicted molar refractivity (Wildman–Crippen MR) is 60.0 cm³/mol. The third kappa shape index (κ3) is 3.74. The average Bonchev–Trinajstić information content (AvgIpc) is 2.25. The molecular weight excluding hydrogens is 210 g/mol. The Morgan fingerprint density at radius 1 is 1.25 bits per heavy atom. The number of carbonyl (C=O) groups is 2. The van der Waals surface area contributed by atoms with Gasteiger partial charge in [0.1, 0.15) is 6.73 Å². The van der Waals surface area contributed by atoms with E-state index >= 15 is 0 Å². The van der Waals surface area contributed by atoms with Gasteiger partial charge in [-0.15, -0.1) is 0 Å². The molecule has 6 nitrogen and oxygen atoms in total. The summed E-state index contributed by atoms with van der Waals surface area (Å²) in [6.45, 7) is 6.58. The Bertz CT molecular complexity index is 323. The minimum Gasteiger partial charge on any atom is -0.376 e. The van der Waals surface area contributed by atoms with Gasteiger partial charge in [0.2, 0.25) is 0 Å². The molecule has 0 heterocycles. The van der Waals surface area contributed by atoms with Gasteiger partial charge in [-0.2, -0.15) is 0 Å². The number of likely N-dealkylation sites (N-methyl/N-ethyl adjacent to an activating group) is 2. The Morgan fingerprint density at radius 3 is 2.12 bits per heavy atom. The Hall–Kier alpha value is -1.82. The molecule has 2 amide bonds. The van der Waals surface area contributed by atoms with Crippen LogP contribution in [0.25, 0.3) is 0 Å². The first-order valence-electron chi connectivity index (χ1n) is 4.54. The molecule has 90 valence electrons. The van der Waals surface area contributed by atoms with Crippen LogP contribution < -0.4 is 5.32 Å². The molecule has 0 rings (SSSR count). The van der Waals surface area contributed by atoms with Crippen molar-refractivity contribution in [2.75, 3.05) is 27.9 Å². The Labute approximate surface area is 94.8 Å². The maximum Gasteiger partial charge on any atom is 0.271 e.